The molecular weight excluding hydrogens is 556 g/mol. The summed E-state index contributed by atoms with van der Waals surface area (Å²) in [6.07, 6.45) is -8.19. The van der Waals surface area contributed by atoms with Crippen molar-refractivity contribution in [2.24, 2.45) is 0 Å². The number of nitrogens with one attached hydrogen (secondary N) is 2. The standard InChI is InChI=1S/C23H20ClF6N7O2/c24-16-10-13(39-9-1-7-22(25,26)27)4-5-15(16)21(23(28,29)30)11-14(17-6-8-37(34-17)12-2-3-12)18(20(38)31-21)19-32-35-36-33-19/h4-6,8,10,12H,1-3,7,9,11H2,(H,31,38)(H,32,33,35,36). The molecule has 1 fully saturated rings. The van der Waals surface area contributed by atoms with Crippen molar-refractivity contribution in [3.8, 4) is 5.75 Å². The van der Waals surface area contributed by atoms with E-state index in [1.807, 2.05) is 0 Å². The lowest BCUT2D eigenvalue weighted by molar-refractivity contribution is -0.201. The number of rotatable bonds is 8. The second kappa shape index (κ2) is 9.84. The van der Waals surface area contributed by atoms with Crippen molar-refractivity contribution >= 4 is 28.7 Å². The molecule has 39 heavy (non-hydrogen) atoms. The van der Waals surface area contributed by atoms with E-state index in [4.69, 9.17) is 16.3 Å². The first-order valence-corrected chi connectivity index (χ1v) is 12.2. The van der Waals surface area contributed by atoms with Crippen molar-refractivity contribution in [3.63, 3.8) is 0 Å². The van der Waals surface area contributed by atoms with Crippen LogP contribution in [0.4, 0.5) is 26.3 Å². The Morgan fingerprint density at radius 3 is 2.54 bits per heavy atom. The zero-order chi connectivity index (χ0) is 28.0. The van der Waals surface area contributed by atoms with Gasteiger partial charge in [-0.1, -0.05) is 17.7 Å². The molecule has 9 nitrogen and oxygen atoms in total. The molecule has 1 atom stereocenters. The van der Waals surface area contributed by atoms with E-state index in [2.05, 4.69) is 31.0 Å². The number of aromatic amines is 1. The Morgan fingerprint density at radius 2 is 1.92 bits per heavy atom. The second-order valence-electron chi connectivity index (χ2n) is 9.26. The summed E-state index contributed by atoms with van der Waals surface area (Å²) in [5.41, 5.74) is -3.52. The average Bonchev–Trinajstić information content (AvgIpc) is 3.33. The summed E-state index contributed by atoms with van der Waals surface area (Å²) in [5.74, 6) is -1.25. The van der Waals surface area contributed by atoms with Crippen molar-refractivity contribution in [1.29, 1.82) is 0 Å². The molecule has 2 N–H and O–H groups in total. The fraction of sp³-hybridized carbons (Fsp3) is 0.435. The first-order chi connectivity index (χ1) is 18.4. The molecule has 1 saturated carbocycles. The maximum atomic E-state index is 14.9. The molecule has 2 aliphatic rings. The van der Waals surface area contributed by atoms with Crippen LogP contribution in [0.3, 0.4) is 0 Å². The van der Waals surface area contributed by atoms with Gasteiger partial charge in [-0.25, -0.2) is 5.10 Å². The highest BCUT2D eigenvalue weighted by Crippen LogP contribution is 2.51. The highest BCUT2D eigenvalue weighted by molar-refractivity contribution is 6.32. The molecule has 0 spiro atoms. The zero-order valence-corrected chi connectivity index (χ0v) is 20.7. The lowest BCUT2D eigenvalue weighted by atomic mass is 9.77. The first kappa shape index (κ1) is 27.0. The molecular formula is C23H20ClF6N7O2. The summed E-state index contributed by atoms with van der Waals surface area (Å²) in [6.45, 7) is -0.318. The largest absolute Gasteiger partial charge is 0.494 e. The van der Waals surface area contributed by atoms with E-state index in [1.165, 1.54) is 6.07 Å². The fourth-order valence-corrected chi connectivity index (χ4v) is 4.78. The Balaban J connectivity index is 1.53. The maximum Gasteiger partial charge on any atom is 0.416 e. The number of nitrogens with zero attached hydrogens (tertiary/aromatic N) is 5. The number of tetrazole rings is 1. The van der Waals surface area contributed by atoms with E-state index in [1.54, 1.807) is 10.9 Å². The third-order valence-corrected chi connectivity index (χ3v) is 6.79. The lowest BCUT2D eigenvalue weighted by Crippen LogP contribution is -2.58. The maximum absolute atomic E-state index is 14.9. The lowest BCUT2D eigenvalue weighted by Gasteiger charge is -2.41. The van der Waals surface area contributed by atoms with Gasteiger partial charge in [-0.2, -0.15) is 31.4 Å². The Kier molecular flexibility index (Phi) is 6.81. The number of hydrogen-bond acceptors (Lipinski definition) is 6. The number of alkyl halides is 6. The first-order valence-electron chi connectivity index (χ1n) is 11.8. The third kappa shape index (κ3) is 5.44. The van der Waals surface area contributed by atoms with Gasteiger partial charge in [-0.3, -0.25) is 9.48 Å². The number of carbonyl (C=O) groups excluding carboxylic acids is 1. The van der Waals surface area contributed by atoms with Crippen LogP contribution in [0.15, 0.2) is 30.5 Å². The van der Waals surface area contributed by atoms with E-state index in [9.17, 15) is 31.1 Å². The van der Waals surface area contributed by atoms with Crippen LogP contribution < -0.4 is 10.1 Å². The molecule has 208 valence electrons. The van der Waals surface area contributed by atoms with Gasteiger partial charge in [0.2, 0.25) is 0 Å². The van der Waals surface area contributed by atoms with Crippen LogP contribution in [0.1, 0.15) is 55.2 Å². The zero-order valence-electron chi connectivity index (χ0n) is 19.9. The van der Waals surface area contributed by atoms with Gasteiger partial charge >= 0.3 is 12.4 Å². The molecule has 0 bridgehead atoms. The summed E-state index contributed by atoms with van der Waals surface area (Å²) in [4.78, 5) is 13.3. The number of halogens is 7. The molecule has 0 radical (unpaired) electrons. The fourth-order valence-electron chi connectivity index (χ4n) is 4.45. The van der Waals surface area contributed by atoms with Crippen molar-refractivity contribution in [3.05, 3.63) is 52.6 Å². The van der Waals surface area contributed by atoms with Crippen molar-refractivity contribution in [1.82, 2.24) is 35.7 Å². The molecule has 1 unspecified atom stereocenters. The molecule has 1 aromatic carbocycles. The molecule has 1 aliphatic heterocycles. The topological polar surface area (TPSA) is 111 Å². The van der Waals surface area contributed by atoms with E-state index in [-0.39, 0.29) is 47.5 Å². The van der Waals surface area contributed by atoms with Crippen LogP contribution in [-0.4, -0.2) is 55.3 Å². The molecule has 2 aromatic heterocycles. The van der Waals surface area contributed by atoms with Gasteiger partial charge in [0.25, 0.3) is 5.91 Å². The molecule has 3 heterocycles. The Hall–Kier alpha value is -3.62. The molecule has 16 heteroatoms. The number of ether oxygens (including phenoxy) is 1. The summed E-state index contributed by atoms with van der Waals surface area (Å²) in [5, 5.41) is 19.1. The van der Waals surface area contributed by atoms with Crippen LogP contribution in [0, 0.1) is 0 Å². The monoisotopic (exact) mass is 575 g/mol. The van der Waals surface area contributed by atoms with Crippen LogP contribution in [-0.2, 0) is 10.3 Å². The summed E-state index contributed by atoms with van der Waals surface area (Å²) in [6, 6.07) is 4.94. The molecule has 5 rings (SSSR count). The summed E-state index contributed by atoms with van der Waals surface area (Å²) in [7, 11) is 0. The minimum absolute atomic E-state index is 0.0160. The third-order valence-electron chi connectivity index (χ3n) is 6.48. The smallest absolute Gasteiger partial charge is 0.416 e. The van der Waals surface area contributed by atoms with Gasteiger partial charge in [0.1, 0.15) is 5.75 Å². The van der Waals surface area contributed by atoms with Gasteiger partial charge in [-0.05, 0) is 53.5 Å². The number of hydrogen-bond donors (Lipinski definition) is 2. The van der Waals surface area contributed by atoms with Crippen molar-refractivity contribution < 1.29 is 35.9 Å². The summed E-state index contributed by atoms with van der Waals surface area (Å²) >= 11 is 6.29. The molecule has 3 aromatic rings. The number of amides is 1. The average molecular weight is 576 g/mol. The summed E-state index contributed by atoms with van der Waals surface area (Å²) < 4.78 is 88.7. The van der Waals surface area contributed by atoms with E-state index in [0.717, 1.165) is 31.0 Å². The second-order valence-corrected chi connectivity index (χ2v) is 9.67. The molecule has 1 aliphatic carbocycles. The normalized spacial score (nSPS) is 20.3. The Labute approximate surface area is 221 Å². The number of aromatic nitrogens is 6. The number of carbonyl (C=O) groups is 1. The van der Waals surface area contributed by atoms with Crippen LogP contribution in [0.2, 0.25) is 5.02 Å². The highest BCUT2D eigenvalue weighted by Gasteiger charge is 2.60. The van der Waals surface area contributed by atoms with Crippen molar-refractivity contribution in [2.75, 3.05) is 6.61 Å². The predicted molar refractivity (Wildman–Crippen MR) is 124 cm³/mol. The minimum atomic E-state index is -5.03. The highest BCUT2D eigenvalue weighted by atomic mass is 35.5. The number of H-pyrrole nitrogens is 1. The van der Waals surface area contributed by atoms with Gasteiger partial charge in [0, 0.05) is 24.6 Å². The van der Waals surface area contributed by atoms with Gasteiger partial charge < -0.3 is 10.1 Å². The Bertz CT molecular complexity index is 1400. The molecule has 1 amide bonds. The quantitative estimate of drug-likeness (QED) is 0.289. The van der Waals surface area contributed by atoms with E-state index in [0.29, 0.717) is 0 Å². The van der Waals surface area contributed by atoms with Crippen LogP contribution in [0.25, 0.3) is 11.1 Å². The van der Waals surface area contributed by atoms with Crippen LogP contribution >= 0.6 is 11.6 Å². The van der Waals surface area contributed by atoms with Gasteiger partial charge in [0.05, 0.1) is 28.9 Å². The Morgan fingerprint density at radius 1 is 1.15 bits per heavy atom. The number of benzene rings is 1. The van der Waals surface area contributed by atoms with Gasteiger partial charge in [-0.15, -0.1) is 5.10 Å². The van der Waals surface area contributed by atoms with E-state index >= 15 is 0 Å². The van der Waals surface area contributed by atoms with Gasteiger partial charge in [0.15, 0.2) is 11.4 Å². The SMILES string of the molecule is O=C1NC(c2ccc(OCCCC(F)(F)F)cc2Cl)(C(F)(F)F)CC(c2ccn(C3CC3)n2)=C1c1nnn[nH]1. The van der Waals surface area contributed by atoms with Crippen LogP contribution in [0.5, 0.6) is 5.75 Å². The van der Waals surface area contributed by atoms with E-state index < -0.39 is 47.2 Å². The van der Waals surface area contributed by atoms with Crippen molar-refractivity contribution in [2.45, 2.75) is 56.0 Å². The molecule has 0 saturated heterocycles. The minimum Gasteiger partial charge on any atom is -0.494 e. The predicted octanol–water partition coefficient (Wildman–Crippen LogP) is 4.99.